The zero-order valence-electron chi connectivity index (χ0n) is 12.4. The van der Waals surface area contributed by atoms with Gasteiger partial charge in [-0.25, -0.2) is 4.79 Å². The monoisotopic (exact) mass is 278 g/mol. The second-order valence-electron chi connectivity index (χ2n) is 5.82. The molecule has 0 radical (unpaired) electrons. The van der Waals surface area contributed by atoms with Crippen LogP contribution in [0.15, 0.2) is 24.3 Å². The van der Waals surface area contributed by atoms with E-state index in [1.807, 2.05) is 33.8 Å². The number of rotatable bonds is 3. The summed E-state index contributed by atoms with van der Waals surface area (Å²) >= 11 is 0. The molecule has 0 bridgehead atoms. The van der Waals surface area contributed by atoms with E-state index in [9.17, 15) is 4.79 Å². The lowest BCUT2D eigenvalue weighted by Gasteiger charge is -2.32. The first-order valence-electron chi connectivity index (χ1n) is 6.52. The lowest BCUT2D eigenvalue weighted by atomic mass is 9.79. The number of hydrogen-bond donors (Lipinski definition) is 0. The van der Waals surface area contributed by atoms with Crippen molar-refractivity contribution >= 4 is 18.6 Å². The molecule has 0 aromatic heterocycles. The maximum atomic E-state index is 10.7. The Labute approximate surface area is 119 Å². The standard InChI is InChI=1S/C14H19BO5/c1-10(16)17-18-12-8-6-7-11(9-12)15-19-13(2,3)14(4,5)20-15/h6-9H,1-5H3. The van der Waals surface area contributed by atoms with Gasteiger partial charge in [-0.2, -0.15) is 0 Å². The Morgan fingerprint density at radius 3 is 2.30 bits per heavy atom. The van der Waals surface area contributed by atoms with E-state index in [1.54, 1.807) is 18.2 Å². The third-order valence-electron chi connectivity index (χ3n) is 3.64. The average molecular weight is 278 g/mol. The molecule has 2 rings (SSSR count). The van der Waals surface area contributed by atoms with Gasteiger partial charge >= 0.3 is 13.1 Å². The Morgan fingerprint density at radius 2 is 1.75 bits per heavy atom. The maximum Gasteiger partial charge on any atom is 0.494 e. The minimum absolute atomic E-state index is 0.398. The van der Waals surface area contributed by atoms with Crippen LogP contribution in [0, 0.1) is 0 Å². The van der Waals surface area contributed by atoms with Crippen LogP contribution in [0.4, 0.5) is 0 Å². The van der Waals surface area contributed by atoms with E-state index >= 15 is 0 Å². The van der Waals surface area contributed by atoms with E-state index in [0.717, 1.165) is 5.46 Å². The molecular weight excluding hydrogens is 259 g/mol. The molecule has 0 spiro atoms. The third kappa shape index (κ3) is 2.97. The van der Waals surface area contributed by atoms with Crippen molar-refractivity contribution in [2.75, 3.05) is 0 Å². The van der Waals surface area contributed by atoms with Crippen molar-refractivity contribution in [3.8, 4) is 5.75 Å². The molecule has 0 unspecified atom stereocenters. The molecule has 0 aliphatic carbocycles. The first-order valence-corrected chi connectivity index (χ1v) is 6.52. The molecule has 1 fully saturated rings. The van der Waals surface area contributed by atoms with Crippen LogP contribution < -0.4 is 10.4 Å². The largest absolute Gasteiger partial charge is 0.494 e. The van der Waals surface area contributed by atoms with Crippen LogP contribution >= 0.6 is 0 Å². The summed E-state index contributed by atoms with van der Waals surface area (Å²) in [7, 11) is -0.471. The van der Waals surface area contributed by atoms with E-state index < -0.39 is 24.3 Å². The smallest absolute Gasteiger partial charge is 0.399 e. The Hall–Kier alpha value is -1.53. The van der Waals surface area contributed by atoms with Crippen molar-refractivity contribution < 1.29 is 23.9 Å². The molecule has 20 heavy (non-hydrogen) atoms. The fraction of sp³-hybridized carbons (Fsp3) is 0.500. The summed E-state index contributed by atoms with van der Waals surface area (Å²) in [5.41, 5.74) is 0.0164. The first kappa shape index (κ1) is 14.9. The molecule has 1 aromatic carbocycles. The number of carbonyl (C=O) groups excluding carboxylic acids is 1. The van der Waals surface area contributed by atoms with Crippen LogP contribution in [0.2, 0.25) is 0 Å². The maximum absolute atomic E-state index is 10.7. The Balaban J connectivity index is 2.14. The van der Waals surface area contributed by atoms with Crippen molar-refractivity contribution in [3.05, 3.63) is 24.3 Å². The Kier molecular flexibility index (Phi) is 3.80. The molecule has 5 nitrogen and oxygen atoms in total. The molecule has 108 valence electrons. The molecule has 0 atom stereocenters. The van der Waals surface area contributed by atoms with Crippen molar-refractivity contribution in [1.82, 2.24) is 0 Å². The van der Waals surface area contributed by atoms with E-state index in [0.29, 0.717) is 5.75 Å². The number of hydrogen-bond acceptors (Lipinski definition) is 5. The van der Waals surface area contributed by atoms with Crippen molar-refractivity contribution in [1.29, 1.82) is 0 Å². The van der Waals surface area contributed by atoms with Gasteiger partial charge in [0.05, 0.1) is 11.2 Å². The van der Waals surface area contributed by atoms with Gasteiger partial charge in [0.25, 0.3) is 0 Å². The van der Waals surface area contributed by atoms with Gasteiger partial charge in [0, 0.05) is 6.92 Å². The molecule has 0 N–H and O–H groups in total. The van der Waals surface area contributed by atoms with E-state index in [-0.39, 0.29) is 0 Å². The summed E-state index contributed by atoms with van der Waals surface area (Å²) in [5.74, 6) is -0.0848. The molecule has 1 aliphatic heterocycles. The molecule has 1 heterocycles. The molecule has 1 aromatic rings. The highest BCUT2D eigenvalue weighted by molar-refractivity contribution is 6.62. The first-order chi connectivity index (χ1) is 9.21. The van der Waals surface area contributed by atoms with Crippen LogP contribution in [0.5, 0.6) is 5.75 Å². The Morgan fingerprint density at radius 1 is 1.15 bits per heavy atom. The van der Waals surface area contributed by atoms with Crippen molar-refractivity contribution in [3.63, 3.8) is 0 Å². The summed E-state index contributed by atoms with van der Waals surface area (Å²) in [4.78, 5) is 20.1. The topological polar surface area (TPSA) is 54.0 Å². The van der Waals surface area contributed by atoms with Gasteiger partial charge < -0.3 is 9.31 Å². The fourth-order valence-electron chi connectivity index (χ4n) is 1.80. The lowest BCUT2D eigenvalue weighted by molar-refractivity contribution is -0.210. The van der Waals surface area contributed by atoms with Crippen molar-refractivity contribution in [2.45, 2.75) is 45.8 Å². The zero-order chi connectivity index (χ0) is 15.0. The van der Waals surface area contributed by atoms with Crippen LogP contribution in [0.3, 0.4) is 0 Å². The second-order valence-corrected chi connectivity index (χ2v) is 5.82. The van der Waals surface area contributed by atoms with Gasteiger partial charge in [-0.3, -0.25) is 9.78 Å². The molecule has 6 heteroatoms. The summed E-state index contributed by atoms with van der Waals surface area (Å²) in [6.07, 6.45) is 0. The molecule has 1 aliphatic rings. The number of benzene rings is 1. The normalized spacial score (nSPS) is 19.8. The SMILES string of the molecule is CC(=O)OOc1cccc(B2OC(C)(C)C(C)(C)O2)c1. The van der Waals surface area contributed by atoms with Gasteiger partial charge in [0.1, 0.15) is 0 Å². The van der Waals surface area contributed by atoms with Crippen LogP contribution in [-0.2, 0) is 19.0 Å². The lowest BCUT2D eigenvalue weighted by Crippen LogP contribution is -2.41. The van der Waals surface area contributed by atoms with Crippen molar-refractivity contribution in [2.24, 2.45) is 0 Å². The predicted molar refractivity (Wildman–Crippen MR) is 74.6 cm³/mol. The summed E-state index contributed by atoms with van der Waals surface area (Å²) in [6.45, 7) is 9.24. The van der Waals surface area contributed by atoms with Gasteiger partial charge in [0.15, 0.2) is 5.75 Å². The second kappa shape index (κ2) is 5.11. The highest BCUT2D eigenvalue weighted by Gasteiger charge is 2.51. The van der Waals surface area contributed by atoms with Gasteiger partial charge in [0.2, 0.25) is 0 Å². The third-order valence-corrected chi connectivity index (χ3v) is 3.64. The summed E-state index contributed by atoms with van der Waals surface area (Å²) in [6, 6.07) is 7.09. The van der Waals surface area contributed by atoms with Gasteiger partial charge in [-0.15, -0.1) is 0 Å². The molecular formula is C14H19BO5. The van der Waals surface area contributed by atoms with Crippen LogP contribution in [0.1, 0.15) is 34.6 Å². The summed E-state index contributed by atoms with van der Waals surface area (Å²) in [5, 5.41) is 0. The highest BCUT2D eigenvalue weighted by Crippen LogP contribution is 2.36. The molecule has 0 amide bonds. The molecule has 0 saturated carbocycles. The van der Waals surface area contributed by atoms with Crippen LogP contribution in [0.25, 0.3) is 0 Å². The van der Waals surface area contributed by atoms with Crippen LogP contribution in [-0.4, -0.2) is 24.3 Å². The fourth-order valence-corrected chi connectivity index (χ4v) is 1.80. The summed E-state index contributed by atoms with van der Waals surface area (Å²) < 4.78 is 11.9. The van der Waals surface area contributed by atoms with E-state index in [1.165, 1.54) is 6.92 Å². The highest BCUT2D eigenvalue weighted by atomic mass is 17.2. The number of carbonyl (C=O) groups is 1. The minimum Gasteiger partial charge on any atom is -0.399 e. The zero-order valence-corrected chi connectivity index (χ0v) is 12.4. The molecule has 1 saturated heterocycles. The Bertz CT molecular complexity index is 496. The quantitative estimate of drug-likeness (QED) is 0.479. The minimum atomic E-state index is -0.508. The average Bonchev–Trinajstić information content (AvgIpc) is 2.56. The predicted octanol–water partition coefficient (Wildman–Crippen LogP) is 1.84. The van der Waals surface area contributed by atoms with Gasteiger partial charge in [-0.05, 0) is 45.3 Å². The van der Waals surface area contributed by atoms with E-state index in [2.05, 4.69) is 4.89 Å². The van der Waals surface area contributed by atoms with E-state index in [4.69, 9.17) is 14.2 Å². The van der Waals surface area contributed by atoms with Gasteiger partial charge in [-0.1, -0.05) is 12.1 Å².